The molecule has 10 nitrogen and oxygen atoms in total. The fourth-order valence-corrected chi connectivity index (χ4v) is 7.55. The van der Waals surface area contributed by atoms with Gasteiger partial charge in [-0.25, -0.2) is 25.3 Å². The highest BCUT2D eigenvalue weighted by Crippen LogP contribution is 2.45. The minimum absolute atomic E-state index is 0.00500. The van der Waals surface area contributed by atoms with Crippen molar-refractivity contribution in [3.63, 3.8) is 0 Å². The van der Waals surface area contributed by atoms with E-state index in [1.54, 1.807) is 0 Å². The standard InChI is InChI=1S/C28H34O10S3/c1-2-3-4-5-6-7-8-9-10-11-16-38-23-17-24(39(29,30)31)20-14-15-22-26(41(35,36)37)18-25(40(32,33)34)21-13-12-19(23)27(20)28(21)22/h12-15,17-18H,2-11,16H2,1H3,(H,29,30,31)(H,32,33,34)(H,35,36,37)/p-3. The van der Waals surface area contributed by atoms with Crippen LogP contribution in [0.2, 0.25) is 0 Å². The Morgan fingerprint density at radius 2 is 0.902 bits per heavy atom. The van der Waals surface area contributed by atoms with Gasteiger partial charge in [-0.3, -0.25) is 0 Å². The van der Waals surface area contributed by atoms with Gasteiger partial charge in [-0.1, -0.05) is 82.9 Å². The monoisotopic (exact) mass is 623 g/mol. The SMILES string of the molecule is CCCCCCCCCCCCOc1cc(S(=O)(=O)[O-])c2ccc3c(S(=O)(=O)[O-])cc(S(=O)(=O)[O-])c4ccc1c2c43. The quantitative estimate of drug-likeness (QED) is 0.0919. The predicted molar refractivity (Wildman–Crippen MR) is 151 cm³/mol. The van der Waals surface area contributed by atoms with Gasteiger partial charge < -0.3 is 18.4 Å². The molecular weight excluding hydrogens is 592 g/mol. The maximum atomic E-state index is 12.2. The fraction of sp³-hybridized carbons (Fsp3) is 0.429. The largest absolute Gasteiger partial charge is 0.744 e. The van der Waals surface area contributed by atoms with Gasteiger partial charge in [0.05, 0.1) is 21.3 Å². The van der Waals surface area contributed by atoms with E-state index in [0.29, 0.717) is 12.5 Å². The van der Waals surface area contributed by atoms with Crippen molar-refractivity contribution >= 4 is 62.7 Å². The molecule has 0 atom stereocenters. The van der Waals surface area contributed by atoms with Gasteiger partial charge in [-0.05, 0) is 24.6 Å². The van der Waals surface area contributed by atoms with Crippen molar-refractivity contribution in [3.8, 4) is 5.75 Å². The lowest BCUT2D eigenvalue weighted by molar-refractivity contribution is 0.307. The van der Waals surface area contributed by atoms with E-state index >= 15 is 0 Å². The average molecular weight is 624 g/mol. The summed E-state index contributed by atoms with van der Waals surface area (Å²) in [5.41, 5.74) is 0. The molecule has 41 heavy (non-hydrogen) atoms. The molecule has 0 N–H and O–H groups in total. The lowest BCUT2D eigenvalue weighted by atomic mass is 9.93. The summed E-state index contributed by atoms with van der Waals surface area (Å²) in [6.07, 6.45) is 11.0. The molecule has 224 valence electrons. The van der Waals surface area contributed by atoms with Crippen molar-refractivity contribution in [2.45, 2.75) is 85.8 Å². The van der Waals surface area contributed by atoms with Crippen LogP contribution in [0.3, 0.4) is 0 Å². The molecular formula is C28H31O10S3-3. The Balaban J connectivity index is 1.73. The molecule has 0 amide bonds. The van der Waals surface area contributed by atoms with Crippen molar-refractivity contribution in [2.75, 3.05) is 6.61 Å². The molecule has 4 rings (SSSR count). The molecule has 0 saturated heterocycles. The van der Waals surface area contributed by atoms with Gasteiger partial charge in [-0.15, -0.1) is 0 Å². The van der Waals surface area contributed by atoms with Crippen molar-refractivity contribution in [2.24, 2.45) is 0 Å². The second-order valence-corrected chi connectivity index (χ2v) is 14.3. The zero-order chi connectivity index (χ0) is 30.0. The summed E-state index contributed by atoms with van der Waals surface area (Å²) in [6, 6.07) is 6.60. The second-order valence-electron chi connectivity index (χ2n) is 10.2. The third kappa shape index (κ3) is 6.92. The van der Waals surface area contributed by atoms with Gasteiger partial charge in [0.15, 0.2) is 0 Å². The molecule has 0 spiro atoms. The number of ether oxygens (including phenoxy) is 1. The van der Waals surface area contributed by atoms with Crippen LogP contribution in [0.25, 0.3) is 32.3 Å². The molecule has 0 aliphatic carbocycles. The summed E-state index contributed by atoms with van der Waals surface area (Å²) in [7, 11) is -15.6. The molecule has 4 aromatic rings. The molecule has 0 heterocycles. The Morgan fingerprint density at radius 1 is 0.537 bits per heavy atom. The van der Waals surface area contributed by atoms with Gasteiger partial charge >= 0.3 is 0 Å². The Labute approximate surface area is 240 Å². The summed E-state index contributed by atoms with van der Waals surface area (Å²) in [4.78, 5) is -2.55. The lowest BCUT2D eigenvalue weighted by Crippen LogP contribution is -2.08. The first-order valence-electron chi connectivity index (χ1n) is 13.5. The third-order valence-corrected chi connectivity index (χ3v) is 9.94. The van der Waals surface area contributed by atoms with Crippen LogP contribution >= 0.6 is 0 Å². The van der Waals surface area contributed by atoms with Gasteiger partial charge in [0.25, 0.3) is 0 Å². The first-order valence-corrected chi connectivity index (χ1v) is 17.8. The van der Waals surface area contributed by atoms with Crippen LogP contribution in [0.1, 0.15) is 71.1 Å². The van der Waals surface area contributed by atoms with Gasteiger partial charge in [-0.2, -0.15) is 0 Å². The molecule has 13 heteroatoms. The maximum absolute atomic E-state index is 12.2. The predicted octanol–water partition coefficient (Wildman–Crippen LogP) is 5.60. The third-order valence-electron chi connectivity index (χ3n) is 7.31. The molecule has 0 aromatic heterocycles. The lowest BCUT2D eigenvalue weighted by Gasteiger charge is -2.22. The van der Waals surface area contributed by atoms with E-state index in [1.807, 2.05) is 0 Å². The highest BCUT2D eigenvalue weighted by atomic mass is 32.2. The minimum atomic E-state index is -5.26. The van der Waals surface area contributed by atoms with E-state index in [0.717, 1.165) is 37.8 Å². The first kappa shape index (κ1) is 31.4. The second kappa shape index (κ2) is 12.4. The normalized spacial score (nSPS) is 13.1. The van der Waals surface area contributed by atoms with E-state index in [2.05, 4.69) is 6.92 Å². The Kier molecular flexibility index (Phi) is 9.46. The van der Waals surface area contributed by atoms with E-state index in [-0.39, 0.29) is 44.7 Å². The number of unbranched alkanes of at least 4 members (excludes halogenated alkanes) is 9. The van der Waals surface area contributed by atoms with Crippen LogP contribution in [0.15, 0.2) is 51.1 Å². The molecule has 0 unspecified atom stereocenters. The molecule has 0 aliphatic rings. The number of hydrogen-bond donors (Lipinski definition) is 0. The van der Waals surface area contributed by atoms with Crippen LogP contribution in [0.4, 0.5) is 0 Å². The Hall–Kier alpha value is -2.55. The van der Waals surface area contributed by atoms with Crippen LogP contribution in [0.5, 0.6) is 5.75 Å². The smallest absolute Gasteiger partial charge is 0.128 e. The van der Waals surface area contributed by atoms with Crippen LogP contribution < -0.4 is 4.74 Å². The Morgan fingerprint density at radius 3 is 1.34 bits per heavy atom. The fourth-order valence-electron chi connectivity index (χ4n) is 5.38. The van der Waals surface area contributed by atoms with Gasteiger partial charge in [0.2, 0.25) is 0 Å². The summed E-state index contributed by atoms with van der Waals surface area (Å²) >= 11 is 0. The van der Waals surface area contributed by atoms with Crippen LogP contribution in [-0.4, -0.2) is 45.5 Å². The zero-order valence-corrected chi connectivity index (χ0v) is 25.0. The van der Waals surface area contributed by atoms with Gasteiger partial charge in [0.1, 0.15) is 36.1 Å². The number of rotatable bonds is 15. The molecule has 0 radical (unpaired) electrons. The minimum Gasteiger partial charge on any atom is -0.744 e. The zero-order valence-electron chi connectivity index (χ0n) is 22.5. The molecule has 4 aromatic carbocycles. The number of hydrogen-bond acceptors (Lipinski definition) is 10. The van der Waals surface area contributed by atoms with E-state index in [4.69, 9.17) is 4.74 Å². The maximum Gasteiger partial charge on any atom is 0.128 e. The number of benzene rings is 4. The summed E-state index contributed by atoms with van der Waals surface area (Å²) in [6.45, 7) is 2.39. The average Bonchev–Trinajstić information content (AvgIpc) is 2.88. The van der Waals surface area contributed by atoms with Crippen molar-refractivity contribution < 1.29 is 43.6 Å². The van der Waals surface area contributed by atoms with Crippen LogP contribution in [-0.2, 0) is 30.4 Å². The van der Waals surface area contributed by atoms with Crippen molar-refractivity contribution in [1.29, 1.82) is 0 Å². The Bertz CT molecular complexity index is 1830. The topological polar surface area (TPSA) is 181 Å². The summed E-state index contributed by atoms with van der Waals surface area (Å²) in [5, 5.41) is -0.393. The summed E-state index contributed by atoms with van der Waals surface area (Å²) in [5.74, 6) is 0.0270. The highest BCUT2D eigenvalue weighted by Gasteiger charge is 2.23. The van der Waals surface area contributed by atoms with Gasteiger partial charge in [0, 0.05) is 32.3 Å². The molecule has 0 saturated carbocycles. The van der Waals surface area contributed by atoms with Crippen LogP contribution in [0, 0.1) is 0 Å². The molecule has 0 aliphatic heterocycles. The van der Waals surface area contributed by atoms with Crippen molar-refractivity contribution in [1.82, 2.24) is 0 Å². The van der Waals surface area contributed by atoms with Crippen molar-refractivity contribution in [3.05, 3.63) is 36.4 Å². The molecule has 0 bridgehead atoms. The van der Waals surface area contributed by atoms with E-state index in [1.165, 1.54) is 50.3 Å². The summed E-state index contributed by atoms with van der Waals surface area (Å²) < 4.78 is 115. The van der Waals surface area contributed by atoms with E-state index in [9.17, 15) is 38.9 Å². The van der Waals surface area contributed by atoms with E-state index < -0.39 is 45.0 Å². The highest BCUT2D eigenvalue weighted by molar-refractivity contribution is 7.87. The molecule has 0 fully saturated rings. The first-order chi connectivity index (χ1) is 19.2.